The van der Waals surface area contributed by atoms with Crippen LogP contribution in [-0.4, -0.2) is 20.0 Å². The summed E-state index contributed by atoms with van der Waals surface area (Å²) in [5.74, 6) is -1.33. The van der Waals surface area contributed by atoms with Crippen LogP contribution in [0.3, 0.4) is 0 Å². The van der Waals surface area contributed by atoms with E-state index in [0.717, 1.165) is 6.07 Å². The van der Waals surface area contributed by atoms with Crippen LogP contribution in [0.1, 0.15) is 5.56 Å². The molecule has 0 atom stereocenters. The van der Waals surface area contributed by atoms with Crippen molar-refractivity contribution in [2.75, 3.05) is 13.6 Å². The molecular formula is C11H11F4NO. The lowest BCUT2D eigenvalue weighted by Crippen LogP contribution is -2.17. The minimum Gasteiger partial charge on any atom is -0.406 e. The number of benzene rings is 1. The molecule has 1 rings (SSSR count). The van der Waals surface area contributed by atoms with Crippen LogP contribution >= 0.6 is 0 Å². The van der Waals surface area contributed by atoms with E-state index in [1.807, 2.05) is 0 Å². The highest BCUT2D eigenvalue weighted by molar-refractivity contribution is 5.51. The Morgan fingerprint density at radius 2 is 2.06 bits per heavy atom. The molecule has 0 bridgehead atoms. The zero-order valence-corrected chi connectivity index (χ0v) is 9.01. The number of halogens is 4. The molecule has 94 valence electrons. The Bertz CT molecular complexity index is 401. The molecule has 0 spiro atoms. The van der Waals surface area contributed by atoms with Gasteiger partial charge in [0, 0.05) is 18.2 Å². The number of nitrogens with one attached hydrogen (secondary N) is 1. The summed E-state index contributed by atoms with van der Waals surface area (Å²) in [4.78, 5) is 0. The quantitative estimate of drug-likeness (QED) is 0.828. The van der Waals surface area contributed by atoms with E-state index in [9.17, 15) is 17.6 Å². The summed E-state index contributed by atoms with van der Waals surface area (Å²) in [7, 11) is 1.72. The predicted molar refractivity (Wildman–Crippen MR) is 56.0 cm³/mol. The van der Waals surface area contributed by atoms with Crippen LogP contribution in [0.15, 0.2) is 24.3 Å². The second-order valence-corrected chi connectivity index (χ2v) is 3.19. The second-order valence-electron chi connectivity index (χ2n) is 3.19. The normalized spacial score (nSPS) is 12.1. The summed E-state index contributed by atoms with van der Waals surface area (Å²) >= 11 is 0. The van der Waals surface area contributed by atoms with Crippen molar-refractivity contribution in [3.63, 3.8) is 0 Å². The molecule has 0 radical (unpaired) electrons. The van der Waals surface area contributed by atoms with Crippen molar-refractivity contribution in [3.8, 4) is 5.75 Å². The highest BCUT2D eigenvalue weighted by atomic mass is 19.4. The van der Waals surface area contributed by atoms with Gasteiger partial charge in [-0.05, 0) is 19.2 Å². The van der Waals surface area contributed by atoms with Gasteiger partial charge in [0.2, 0.25) is 0 Å². The van der Waals surface area contributed by atoms with Crippen LogP contribution in [0.5, 0.6) is 5.75 Å². The third-order valence-electron chi connectivity index (χ3n) is 1.82. The van der Waals surface area contributed by atoms with Gasteiger partial charge in [-0.1, -0.05) is 12.2 Å². The van der Waals surface area contributed by atoms with Crippen molar-refractivity contribution in [2.24, 2.45) is 0 Å². The highest BCUT2D eigenvalue weighted by Gasteiger charge is 2.31. The Hall–Kier alpha value is -1.56. The van der Waals surface area contributed by atoms with Crippen molar-refractivity contribution in [3.05, 3.63) is 35.7 Å². The van der Waals surface area contributed by atoms with Gasteiger partial charge in [0.1, 0.15) is 11.6 Å². The van der Waals surface area contributed by atoms with E-state index in [-0.39, 0.29) is 5.56 Å². The van der Waals surface area contributed by atoms with Gasteiger partial charge < -0.3 is 10.1 Å². The SMILES string of the molecule is CNCC=Cc1ccc(OC(F)(F)F)cc1F. The van der Waals surface area contributed by atoms with E-state index >= 15 is 0 Å². The van der Waals surface area contributed by atoms with Gasteiger partial charge in [0.05, 0.1) is 0 Å². The van der Waals surface area contributed by atoms with Gasteiger partial charge in [-0.2, -0.15) is 0 Å². The van der Waals surface area contributed by atoms with Crippen LogP contribution < -0.4 is 10.1 Å². The molecule has 0 fully saturated rings. The summed E-state index contributed by atoms with van der Waals surface area (Å²) in [6.45, 7) is 0.542. The molecule has 0 aromatic heterocycles. The summed E-state index contributed by atoms with van der Waals surface area (Å²) in [6.07, 6.45) is -1.68. The topological polar surface area (TPSA) is 21.3 Å². The largest absolute Gasteiger partial charge is 0.573 e. The number of hydrogen-bond donors (Lipinski definition) is 1. The maximum atomic E-state index is 13.3. The number of ether oxygens (including phenoxy) is 1. The molecule has 1 aromatic rings. The summed E-state index contributed by atoms with van der Waals surface area (Å²) in [6, 6.07) is 2.99. The molecule has 0 saturated heterocycles. The summed E-state index contributed by atoms with van der Waals surface area (Å²) in [5.41, 5.74) is 0.203. The molecular weight excluding hydrogens is 238 g/mol. The Kier molecular flexibility index (Phi) is 4.51. The lowest BCUT2D eigenvalue weighted by Gasteiger charge is -2.09. The molecule has 0 unspecified atom stereocenters. The van der Waals surface area contributed by atoms with E-state index in [2.05, 4.69) is 10.1 Å². The molecule has 0 aliphatic rings. The van der Waals surface area contributed by atoms with Crippen LogP contribution in [-0.2, 0) is 0 Å². The van der Waals surface area contributed by atoms with E-state index in [1.165, 1.54) is 12.1 Å². The van der Waals surface area contributed by atoms with Crippen LogP contribution in [0, 0.1) is 5.82 Å². The lowest BCUT2D eigenvalue weighted by atomic mass is 10.2. The zero-order chi connectivity index (χ0) is 12.9. The van der Waals surface area contributed by atoms with E-state index < -0.39 is 17.9 Å². The van der Waals surface area contributed by atoms with Gasteiger partial charge in [0.15, 0.2) is 0 Å². The smallest absolute Gasteiger partial charge is 0.406 e. The summed E-state index contributed by atoms with van der Waals surface area (Å²) in [5, 5.41) is 2.82. The second kappa shape index (κ2) is 5.67. The third kappa shape index (κ3) is 4.86. The first kappa shape index (κ1) is 13.5. The van der Waals surface area contributed by atoms with Gasteiger partial charge in [-0.25, -0.2) is 4.39 Å². The molecule has 1 N–H and O–H groups in total. The maximum absolute atomic E-state index is 13.3. The van der Waals surface area contributed by atoms with E-state index in [4.69, 9.17) is 0 Å². The monoisotopic (exact) mass is 249 g/mol. The van der Waals surface area contributed by atoms with Crippen LogP contribution in [0.2, 0.25) is 0 Å². The first-order valence-corrected chi connectivity index (χ1v) is 4.79. The first-order valence-electron chi connectivity index (χ1n) is 4.79. The average Bonchev–Trinajstić information content (AvgIpc) is 2.19. The lowest BCUT2D eigenvalue weighted by molar-refractivity contribution is -0.274. The van der Waals surface area contributed by atoms with Gasteiger partial charge >= 0.3 is 6.36 Å². The van der Waals surface area contributed by atoms with Crippen molar-refractivity contribution >= 4 is 6.08 Å². The minimum atomic E-state index is -4.81. The van der Waals surface area contributed by atoms with Crippen molar-refractivity contribution in [1.82, 2.24) is 5.32 Å². The molecule has 0 heterocycles. The molecule has 17 heavy (non-hydrogen) atoms. The standard InChI is InChI=1S/C11H11F4NO/c1-16-6-2-3-8-4-5-9(7-10(8)12)17-11(13,14)15/h2-5,7,16H,6H2,1H3. The predicted octanol–water partition coefficient (Wildman–Crippen LogP) is 2.96. The fourth-order valence-electron chi connectivity index (χ4n) is 1.14. The fourth-order valence-corrected chi connectivity index (χ4v) is 1.14. The number of likely N-dealkylation sites (N-methyl/N-ethyl adjacent to an activating group) is 1. The van der Waals surface area contributed by atoms with Crippen molar-refractivity contribution < 1.29 is 22.3 Å². The Balaban J connectivity index is 2.79. The Morgan fingerprint density at radius 1 is 1.35 bits per heavy atom. The number of hydrogen-bond acceptors (Lipinski definition) is 2. The molecule has 0 aliphatic heterocycles. The zero-order valence-electron chi connectivity index (χ0n) is 9.01. The fraction of sp³-hybridized carbons (Fsp3) is 0.273. The summed E-state index contributed by atoms with van der Waals surface area (Å²) < 4.78 is 52.5. The van der Waals surface area contributed by atoms with Gasteiger partial charge in [-0.3, -0.25) is 0 Å². The first-order chi connectivity index (χ1) is 7.92. The maximum Gasteiger partial charge on any atom is 0.573 e. The third-order valence-corrected chi connectivity index (χ3v) is 1.82. The minimum absolute atomic E-state index is 0.203. The Labute approximate surface area is 95.9 Å². The highest BCUT2D eigenvalue weighted by Crippen LogP contribution is 2.24. The van der Waals surface area contributed by atoms with Crippen LogP contribution in [0.25, 0.3) is 6.08 Å². The molecule has 0 saturated carbocycles. The Morgan fingerprint density at radius 3 is 2.59 bits per heavy atom. The van der Waals surface area contributed by atoms with E-state index in [1.54, 1.807) is 13.1 Å². The average molecular weight is 249 g/mol. The number of rotatable bonds is 4. The number of alkyl halides is 3. The molecule has 6 heteroatoms. The molecule has 1 aromatic carbocycles. The molecule has 2 nitrogen and oxygen atoms in total. The molecule has 0 amide bonds. The van der Waals surface area contributed by atoms with Crippen LogP contribution in [0.4, 0.5) is 17.6 Å². The van der Waals surface area contributed by atoms with Crippen molar-refractivity contribution in [2.45, 2.75) is 6.36 Å². The van der Waals surface area contributed by atoms with E-state index in [0.29, 0.717) is 12.6 Å². The van der Waals surface area contributed by atoms with Crippen molar-refractivity contribution in [1.29, 1.82) is 0 Å². The van der Waals surface area contributed by atoms with Gasteiger partial charge in [-0.15, -0.1) is 13.2 Å². The molecule has 0 aliphatic carbocycles. The van der Waals surface area contributed by atoms with Gasteiger partial charge in [0.25, 0.3) is 0 Å².